The van der Waals surface area contributed by atoms with E-state index in [1.807, 2.05) is 12.4 Å². The fourth-order valence-corrected chi connectivity index (χ4v) is 1.83. The Kier molecular flexibility index (Phi) is 3.91. The Morgan fingerprint density at radius 1 is 1.27 bits per heavy atom. The molecule has 0 spiro atoms. The number of allylic oxidation sites excluding steroid dienone is 1. The van der Waals surface area contributed by atoms with Crippen LogP contribution in [-0.4, -0.2) is 31.6 Å². The highest BCUT2D eigenvalue weighted by Gasteiger charge is 2.14. The molecule has 4 heteroatoms. The molecule has 2 heterocycles. The zero-order valence-electron chi connectivity index (χ0n) is 8.95. The third kappa shape index (κ3) is 3.16. The average Bonchev–Trinajstić information content (AvgIpc) is 2.43. The largest absolute Gasteiger partial charge is 0.316 e. The summed E-state index contributed by atoms with van der Waals surface area (Å²) in [5.74, 6) is 0.440. The van der Waals surface area contributed by atoms with Crippen molar-refractivity contribution in [2.45, 2.75) is 19.3 Å². The summed E-state index contributed by atoms with van der Waals surface area (Å²) >= 11 is 0. The van der Waals surface area contributed by atoms with E-state index in [4.69, 9.17) is 0 Å². The van der Waals surface area contributed by atoms with Gasteiger partial charge in [0.2, 0.25) is 0 Å². The lowest BCUT2D eigenvalue weighted by atomic mass is 9.96. The van der Waals surface area contributed by atoms with Gasteiger partial charge >= 0.3 is 0 Å². The lowest BCUT2D eigenvalue weighted by Gasteiger charge is -2.15. The van der Waals surface area contributed by atoms with Crippen LogP contribution < -0.4 is 10.7 Å². The third-order valence-electron chi connectivity index (χ3n) is 2.72. The Morgan fingerprint density at radius 2 is 2.27 bits per heavy atom. The third-order valence-corrected chi connectivity index (χ3v) is 2.72. The van der Waals surface area contributed by atoms with E-state index in [0.717, 1.165) is 38.9 Å². The first-order valence-electron chi connectivity index (χ1n) is 5.65. The summed E-state index contributed by atoms with van der Waals surface area (Å²) in [7, 11) is 0. The van der Waals surface area contributed by atoms with Crippen LogP contribution in [0.25, 0.3) is 0 Å². The number of hydrazone groups is 1. The van der Waals surface area contributed by atoms with Gasteiger partial charge in [-0.25, -0.2) is 0 Å². The molecule has 0 aromatic heterocycles. The molecule has 0 aromatic carbocycles. The van der Waals surface area contributed by atoms with E-state index in [9.17, 15) is 0 Å². The van der Waals surface area contributed by atoms with Gasteiger partial charge in [0.15, 0.2) is 0 Å². The molecule has 0 saturated heterocycles. The minimum absolute atomic E-state index is 0.440. The van der Waals surface area contributed by atoms with Crippen LogP contribution in [0.1, 0.15) is 19.3 Å². The smallest absolute Gasteiger partial charge is 0.0463 e. The van der Waals surface area contributed by atoms with E-state index in [2.05, 4.69) is 26.9 Å². The molecule has 0 aliphatic carbocycles. The van der Waals surface area contributed by atoms with E-state index in [1.54, 1.807) is 0 Å². The van der Waals surface area contributed by atoms with Crippen LogP contribution in [0.4, 0.5) is 0 Å². The molecule has 0 saturated carbocycles. The molecule has 0 fully saturated rings. The van der Waals surface area contributed by atoms with Gasteiger partial charge in [0.05, 0.1) is 0 Å². The number of hydrogen-bond donors (Lipinski definition) is 2. The lowest BCUT2D eigenvalue weighted by Crippen LogP contribution is -2.22. The standard InChI is InChI=1S/C11H18N4/c1-5-12-9-4-11(15-14-6-1)10-2-7-13-8-3-10/h2,7-8,10,12,14H,1,3-6,9H2/b15-11+. The molecule has 0 bridgehead atoms. The van der Waals surface area contributed by atoms with Crippen LogP contribution in [0.3, 0.4) is 0 Å². The average molecular weight is 206 g/mol. The van der Waals surface area contributed by atoms with E-state index >= 15 is 0 Å². The maximum absolute atomic E-state index is 4.48. The lowest BCUT2D eigenvalue weighted by molar-refractivity contribution is 0.631. The SMILES string of the molecule is C1=CC(/C2=N/NCCCNCC2)CC=N1. The van der Waals surface area contributed by atoms with Crippen LogP contribution in [0.5, 0.6) is 0 Å². The molecular weight excluding hydrogens is 188 g/mol. The van der Waals surface area contributed by atoms with Gasteiger partial charge in [-0.1, -0.05) is 6.08 Å². The van der Waals surface area contributed by atoms with Crippen molar-refractivity contribution in [3.63, 3.8) is 0 Å². The van der Waals surface area contributed by atoms with Gasteiger partial charge in [-0.05, 0) is 19.4 Å². The fraction of sp³-hybridized carbons (Fsp3) is 0.636. The molecule has 2 aliphatic heterocycles. The number of nitrogens with zero attached hydrogens (tertiary/aromatic N) is 2. The first-order chi connectivity index (χ1) is 7.47. The summed E-state index contributed by atoms with van der Waals surface area (Å²) in [6.45, 7) is 3.07. The van der Waals surface area contributed by atoms with E-state index < -0.39 is 0 Å². The molecular formula is C11H18N4. The van der Waals surface area contributed by atoms with Gasteiger partial charge in [-0.2, -0.15) is 5.10 Å². The normalized spacial score (nSPS) is 30.7. The molecule has 1 atom stereocenters. The summed E-state index contributed by atoms with van der Waals surface area (Å²) in [6, 6.07) is 0. The molecule has 82 valence electrons. The first-order valence-corrected chi connectivity index (χ1v) is 5.65. The fourth-order valence-electron chi connectivity index (χ4n) is 1.83. The van der Waals surface area contributed by atoms with Crippen LogP contribution in [0.15, 0.2) is 22.4 Å². The molecule has 0 amide bonds. The van der Waals surface area contributed by atoms with Crippen molar-refractivity contribution < 1.29 is 0 Å². The molecule has 0 radical (unpaired) electrons. The highest BCUT2D eigenvalue weighted by atomic mass is 15.3. The molecule has 0 aromatic rings. The number of rotatable bonds is 1. The van der Waals surface area contributed by atoms with Gasteiger partial charge in [0.25, 0.3) is 0 Å². The summed E-state index contributed by atoms with van der Waals surface area (Å²) in [5, 5.41) is 7.90. The van der Waals surface area contributed by atoms with Crippen LogP contribution >= 0.6 is 0 Å². The minimum atomic E-state index is 0.440. The number of nitrogens with one attached hydrogen (secondary N) is 2. The number of hydrogen-bond acceptors (Lipinski definition) is 4. The van der Waals surface area contributed by atoms with Crippen LogP contribution in [0.2, 0.25) is 0 Å². The Morgan fingerprint density at radius 3 is 3.13 bits per heavy atom. The minimum Gasteiger partial charge on any atom is -0.316 e. The predicted octanol–water partition coefficient (Wildman–Crippen LogP) is 0.920. The highest BCUT2D eigenvalue weighted by molar-refractivity contribution is 5.90. The number of aliphatic imine (C=N–C) groups is 1. The van der Waals surface area contributed by atoms with Crippen molar-refractivity contribution in [3.8, 4) is 0 Å². The molecule has 1 unspecified atom stereocenters. The molecule has 4 nitrogen and oxygen atoms in total. The second-order valence-electron chi connectivity index (χ2n) is 3.88. The molecule has 2 rings (SSSR count). The maximum Gasteiger partial charge on any atom is 0.0463 e. The van der Waals surface area contributed by atoms with Crippen molar-refractivity contribution in [2.75, 3.05) is 19.6 Å². The van der Waals surface area contributed by atoms with Gasteiger partial charge < -0.3 is 10.7 Å². The molecule has 2 N–H and O–H groups in total. The van der Waals surface area contributed by atoms with Crippen molar-refractivity contribution in [1.82, 2.24) is 10.7 Å². The highest BCUT2D eigenvalue weighted by Crippen LogP contribution is 2.12. The summed E-state index contributed by atoms with van der Waals surface area (Å²) in [4.78, 5) is 4.09. The van der Waals surface area contributed by atoms with Crippen LogP contribution in [0, 0.1) is 5.92 Å². The zero-order valence-corrected chi connectivity index (χ0v) is 8.95. The van der Waals surface area contributed by atoms with Gasteiger partial charge in [-0.15, -0.1) is 0 Å². The molecule has 15 heavy (non-hydrogen) atoms. The van der Waals surface area contributed by atoms with Crippen molar-refractivity contribution in [1.29, 1.82) is 0 Å². The summed E-state index contributed by atoms with van der Waals surface area (Å²) in [6.07, 6.45) is 9.12. The van der Waals surface area contributed by atoms with Crippen molar-refractivity contribution >= 4 is 11.9 Å². The van der Waals surface area contributed by atoms with E-state index in [0.29, 0.717) is 5.92 Å². The van der Waals surface area contributed by atoms with E-state index in [-0.39, 0.29) is 0 Å². The summed E-state index contributed by atoms with van der Waals surface area (Å²) < 4.78 is 0. The topological polar surface area (TPSA) is 48.8 Å². The first kappa shape index (κ1) is 10.4. The quantitative estimate of drug-likeness (QED) is 0.670. The van der Waals surface area contributed by atoms with Crippen molar-refractivity contribution in [3.05, 3.63) is 12.3 Å². The zero-order chi connectivity index (χ0) is 10.3. The van der Waals surface area contributed by atoms with Gasteiger partial charge in [0, 0.05) is 43.6 Å². The predicted molar refractivity (Wildman–Crippen MR) is 63.3 cm³/mol. The van der Waals surface area contributed by atoms with Gasteiger partial charge in [-0.3, -0.25) is 4.99 Å². The van der Waals surface area contributed by atoms with Gasteiger partial charge in [0.1, 0.15) is 0 Å². The Labute approximate surface area is 90.5 Å². The monoisotopic (exact) mass is 206 g/mol. The van der Waals surface area contributed by atoms with Crippen molar-refractivity contribution in [2.24, 2.45) is 16.0 Å². The Hall–Kier alpha value is -1.16. The van der Waals surface area contributed by atoms with E-state index in [1.165, 1.54) is 5.71 Å². The second kappa shape index (κ2) is 5.66. The maximum atomic E-state index is 4.48. The summed E-state index contributed by atoms with van der Waals surface area (Å²) in [5.41, 5.74) is 4.39. The Balaban J connectivity index is 1.97. The second-order valence-corrected chi connectivity index (χ2v) is 3.88. The Bertz CT molecular complexity index is 280. The molecule has 2 aliphatic rings. The van der Waals surface area contributed by atoms with Crippen LogP contribution in [-0.2, 0) is 0 Å².